The number of hydrogen-bond donors (Lipinski definition) is 1. The Morgan fingerprint density at radius 2 is 1.75 bits per heavy atom. The van der Waals surface area contributed by atoms with Gasteiger partial charge in [-0.15, -0.1) is 0 Å². The van der Waals surface area contributed by atoms with Gasteiger partial charge in [-0.25, -0.2) is 4.39 Å². The number of nitrogens with zero attached hydrogens (tertiary/aromatic N) is 2. The average molecular weight is 280 g/mol. The minimum atomic E-state index is -0.652. The van der Waals surface area contributed by atoms with Crippen molar-refractivity contribution in [2.45, 2.75) is 39.3 Å². The van der Waals surface area contributed by atoms with Crippen molar-refractivity contribution < 1.29 is 9.50 Å². The van der Waals surface area contributed by atoms with Crippen molar-refractivity contribution in [2.24, 2.45) is 0 Å². The van der Waals surface area contributed by atoms with Crippen LogP contribution in [0, 0.1) is 5.82 Å². The highest BCUT2D eigenvalue weighted by Crippen LogP contribution is 2.30. The van der Waals surface area contributed by atoms with Crippen LogP contribution in [0.1, 0.15) is 39.4 Å². The van der Waals surface area contributed by atoms with Crippen molar-refractivity contribution in [1.82, 2.24) is 4.90 Å². The van der Waals surface area contributed by atoms with Crippen molar-refractivity contribution in [1.29, 1.82) is 0 Å². The SMILES string of the molecule is C[C@@H](O)c1cccc(F)c1N1CCN(C(C)(C)C)CC1. The molecular formula is C16H25FN2O. The van der Waals surface area contributed by atoms with Crippen molar-refractivity contribution in [3.05, 3.63) is 29.6 Å². The lowest BCUT2D eigenvalue weighted by molar-refractivity contribution is 0.128. The third-order valence-corrected chi connectivity index (χ3v) is 4.01. The molecule has 112 valence electrons. The van der Waals surface area contributed by atoms with E-state index in [1.165, 1.54) is 6.07 Å². The molecule has 1 aromatic rings. The smallest absolute Gasteiger partial charge is 0.146 e. The first-order valence-corrected chi connectivity index (χ1v) is 7.27. The maximum atomic E-state index is 14.2. The summed E-state index contributed by atoms with van der Waals surface area (Å²) in [6.45, 7) is 11.7. The summed E-state index contributed by atoms with van der Waals surface area (Å²) < 4.78 is 14.2. The molecule has 0 saturated carbocycles. The molecule has 0 unspecified atom stereocenters. The maximum absolute atomic E-state index is 14.2. The third kappa shape index (κ3) is 3.13. The first kappa shape index (κ1) is 15.3. The fourth-order valence-electron chi connectivity index (χ4n) is 2.80. The number of piperazine rings is 1. The van der Waals surface area contributed by atoms with Crippen LogP contribution in [-0.4, -0.2) is 41.7 Å². The average Bonchev–Trinajstić information content (AvgIpc) is 2.37. The molecule has 1 saturated heterocycles. The van der Waals surface area contributed by atoms with Gasteiger partial charge in [-0.05, 0) is 33.8 Å². The highest BCUT2D eigenvalue weighted by molar-refractivity contribution is 5.56. The topological polar surface area (TPSA) is 26.7 Å². The van der Waals surface area contributed by atoms with Crippen LogP contribution in [0.3, 0.4) is 0 Å². The summed E-state index contributed by atoms with van der Waals surface area (Å²) in [4.78, 5) is 4.46. The number of halogens is 1. The van der Waals surface area contributed by atoms with Gasteiger partial charge < -0.3 is 10.0 Å². The molecule has 20 heavy (non-hydrogen) atoms. The summed E-state index contributed by atoms with van der Waals surface area (Å²) in [5, 5.41) is 9.84. The van der Waals surface area contributed by atoms with Crippen molar-refractivity contribution in [3.63, 3.8) is 0 Å². The molecule has 4 heteroatoms. The summed E-state index contributed by atoms with van der Waals surface area (Å²) in [6.07, 6.45) is -0.652. The molecule has 0 aromatic heterocycles. The van der Waals surface area contributed by atoms with Gasteiger partial charge in [0.1, 0.15) is 5.82 Å². The van der Waals surface area contributed by atoms with Crippen LogP contribution in [0.5, 0.6) is 0 Å². The van der Waals surface area contributed by atoms with E-state index in [-0.39, 0.29) is 11.4 Å². The van der Waals surface area contributed by atoms with Gasteiger partial charge in [-0.3, -0.25) is 4.90 Å². The molecule has 1 fully saturated rings. The van der Waals surface area contributed by atoms with Crippen LogP contribution in [-0.2, 0) is 0 Å². The van der Waals surface area contributed by atoms with Crippen LogP contribution in [0.4, 0.5) is 10.1 Å². The Kier molecular flexibility index (Phi) is 4.35. The molecule has 1 atom stereocenters. The number of para-hydroxylation sites is 1. The molecule has 1 aromatic carbocycles. The number of aliphatic hydroxyl groups excluding tert-OH is 1. The van der Waals surface area contributed by atoms with E-state index in [9.17, 15) is 9.50 Å². The number of anilines is 1. The number of hydrogen-bond acceptors (Lipinski definition) is 3. The van der Waals surface area contributed by atoms with Crippen molar-refractivity contribution in [2.75, 3.05) is 31.1 Å². The zero-order valence-electron chi connectivity index (χ0n) is 12.9. The molecule has 0 bridgehead atoms. The van der Waals surface area contributed by atoms with Gasteiger partial charge in [0.2, 0.25) is 0 Å². The molecule has 0 radical (unpaired) electrons. The second-order valence-electron chi connectivity index (χ2n) is 6.50. The molecular weight excluding hydrogens is 255 g/mol. The lowest BCUT2D eigenvalue weighted by Gasteiger charge is -2.43. The molecule has 1 N–H and O–H groups in total. The quantitative estimate of drug-likeness (QED) is 0.902. The zero-order valence-corrected chi connectivity index (χ0v) is 12.9. The predicted octanol–water partition coefficient (Wildman–Crippen LogP) is 2.80. The first-order chi connectivity index (χ1) is 9.30. The second kappa shape index (κ2) is 5.70. The molecule has 0 amide bonds. The Bertz CT molecular complexity index is 460. The molecule has 1 aliphatic rings. The Morgan fingerprint density at radius 1 is 1.15 bits per heavy atom. The minimum absolute atomic E-state index is 0.147. The number of aliphatic hydroxyl groups is 1. The van der Waals surface area contributed by atoms with E-state index in [4.69, 9.17) is 0 Å². The lowest BCUT2D eigenvalue weighted by Crippen LogP contribution is -2.53. The summed E-state index contributed by atoms with van der Waals surface area (Å²) in [5.74, 6) is -0.243. The van der Waals surface area contributed by atoms with E-state index in [1.54, 1.807) is 19.1 Å². The molecule has 1 aliphatic heterocycles. The largest absolute Gasteiger partial charge is 0.389 e. The zero-order chi connectivity index (χ0) is 14.9. The molecule has 0 aliphatic carbocycles. The first-order valence-electron chi connectivity index (χ1n) is 7.27. The molecule has 3 nitrogen and oxygen atoms in total. The van der Waals surface area contributed by atoms with Crippen LogP contribution in [0.15, 0.2) is 18.2 Å². The molecule has 2 rings (SSSR count). The predicted molar refractivity (Wildman–Crippen MR) is 80.6 cm³/mol. The Morgan fingerprint density at radius 3 is 2.25 bits per heavy atom. The van der Waals surface area contributed by atoms with E-state index < -0.39 is 6.10 Å². The fraction of sp³-hybridized carbons (Fsp3) is 0.625. The van der Waals surface area contributed by atoms with Crippen molar-refractivity contribution in [3.8, 4) is 0 Å². The minimum Gasteiger partial charge on any atom is -0.389 e. The monoisotopic (exact) mass is 280 g/mol. The van der Waals surface area contributed by atoms with Gasteiger partial charge in [0, 0.05) is 37.3 Å². The van der Waals surface area contributed by atoms with E-state index in [0.29, 0.717) is 11.3 Å². The van der Waals surface area contributed by atoms with Gasteiger partial charge >= 0.3 is 0 Å². The number of rotatable bonds is 2. The van der Waals surface area contributed by atoms with Gasteiger partial charge in [0.25, 0.3) is 0 Å². The standard InChI is InChI=1S/C16H25FN2O/c1-12(20)13-6-5-7-14(17)15(13)18-8-10-19(11-9-18)16(2,3)4/h5-7,12,20H,8-11H2,1-4H3/t12-/m1/s1. The van der Waals surface area contributed by atoms with Crippen LogP contribution >= 0.6 is 0 Å². The Hall–Kier alpha value is -1.13. The van der Waals surface area contributed by atoms with Crippen LogP contribution < -0.4 is 4.90 Å². The van der Waals surface area contributed by atoms with Gasteiger partial charge in [-0.1, -0.05) is 12.1 Å². The fourth-order valence-corrected chi connectivity index (χ4v) is 2.80. The lowest BCUT2D eigenvalue weighted by atomic mass is 10.0. The number of benzene rings is 1. The normalized spacial score (nSPS) is 19.2. The summed E-state index contributed by atoms with van der Waals surface area (Å²) in [5.41, 5.74) is 1.39. The summed E-state index contributed by atoms with van der Waals surface area (Å²) in [6, 6.07) is 4.93. The van der Waals surface area contributed by atoms with Gasteiger partial charge in [0.05, 0.1) is 11.8 Å². The summed E-state index contributed by atoms with van der Waals surface area (Å²) >= 11 is 0. The molecule has 0 spiro atoms. The van der Waals surface area contributed by atoms with Gasteiger partial charge in [0.15, 0.2) is 0 Å². The van der Waals surface area contributed by atoms with Gasteiger partial charge in [-0.2, -0.15) is 0 Å². The second-order valence-corrected chi connectivity index (χ2v) is 6.50. The highest BCUT2D eigenvalue weighted by Gasteiger charge is 2.28. The summed E-state index contributed by atoms with van der Waals surface area (Å²) in [7, 11) is 0. The highest BCUT2D eigenvalue weighted by atomic mass is 19.1. The van der Waals surface area contributed by atoms with Crippen LogP contribution in [0.25, 0.3) is 0 Å². The third-order valence-electron chi connectivity index (χ3n) is 4.01. The Balaban J connectivity index is 2.19. The van der Waals surface area contributed by atoms with E-state index >= 15 is 0 Å². The maximum Gasteiger partial charge on any atom is 0.146 e. The van der Waals surface area contributed by atoms with E-state index in [0.717, 1.165) is 26.2 Å². The Labute approximate surface area is 121 Å². The molecule has 1 heterocycles. The van der Waals surface area contributed by atoms with Crippen LogP contribution in [0.2, 0.25) is 0 Å². The van der Waals surface area contributed by atoms with Crippen molar-refractivity contribution >= 4 is 5.69 Å². The van der Waals surface area contributed by atoms with E-state index in [2.05, 4.69) is 30.6 Å². The van der Waals surface area contributed by atoms with E-state index in [1.807, 2.05) is 0 Å².